The van der Waals surface area contributed by atoms with Gasteiger partial charge in [0.25, 0.3) is 0 Å². The van der Waals surface area contributed by atoms with Crippen LogP contribution in [0.25, 0.3) is 6.08 Å². The van der Waals surface area contributed by atoms with Crippen molar-refractivity contribution in [2.75, 3.05) is 6.54 Å². The summed E-state index contributed by atoms with van der Waals surface area (Å²) in [5.41, 5.74) is 3.08. The number of Topliss-reactive ketones (excluding diaryl/α,β-unsaturated/α-hetero) is 1. The summed E-state index contributed by atoms with van der Waals surface area (Å²) in [6.07, 6.45) is 1.95. The fourth-order valence-electron chi connectivity index (χ4n) is 2.47. The van der Waals surface area contributed by atoms with Crippen LogP contribution in [0.5, 0.6) is 0 Å². The summed E-state index contributed by atoms with van der Waals surface area (Å²) in [5.74, 6) is 0.100. The molecule has 1 atom stereocenters. The average molecular weight is 444 g/mol. The third-order valence-electron chi connectivity index (χ3n) is 3.62. The van der Waals surface area contributed by atoms with Crippen LogP contribution in [-0.2, 0) is 6.54 Å². The van der Waals surface area contributed by atoms with Gasteiger partial charge in [0, 0.05) is 21.7 Å². The third kappa shape index (κ3) is 3.87. The zero-order chi connectivity index (χ0) is 14.8. The van der Waals surface area contributed by atoms with Crippen molar-refractivity contribution in [1.82, 2.24) is 0 Å². The maximum absolute atomic E-state index is 12.4. The number of hydrogen-bond donors (Lipinski definition) is 1. The van der Waals surface area contributed by atoms with Crippen LogP contribution in [0.4, 0.5) is 0 Å². The molecule has 2 nitrogen and oxygen atoms in total. The fraction of sp³-hybridized carbons (Fsp3) is 0.118. The van der Waals surface area contributed by atoms with E-state index in [4.69, 9.17) is 11.6 Å². The van der Waals surface area contributed by atoms with E-state index in [-0.39, 0.29) is 22.8 Å². The van der Waals surface area contributed by atoms with Gasteiger partial charge >= 0.3 is 0 Å². The molecule has 1 N–H and O–H groups in total. The van der Waals surface area contributed by atoms with Gasteiger partial charge in [-0.1, -0.05) is 52.3 Å². The quantitative estimate of drug-likeness (QED) is 0.534. The van der Waals surface area contributed by atoms with Crippen LogP contribution in [0.2, 0.25) is 0 Å². The van der Waals surface area contributed by atoms with Crippen molar-refractivity contribution in [2.24, 2.45) is 0 Å². The molecular formula is C17H14Br2ClNO. The lowest BCUT2D eigenvalue weighted by Crippen LogP contribution is -3.09. The van der Waals surface area contributed by atoms with Gasteiger partial charge in [0.1, 0.15) is 13.1 Å². The van der Waals surface area contributed by atoms with Crippen molar-refractivity contribution in [3.8, 4) is 0 Å². The lowest BCUT2D eigenvalue weighted by molar-refractivity contribution is -0.858. The first-order chi connectivity index (χ1) is 10.1. The van der Waals surface area contributed by atoms with Gasteiger partial charge in [-0.05, 0) is 29.3 Å². The molecule has 0 aliphatic carbocycles. The maximum atomic E-state index is 12.4. The van der Waals surface area contributed by atoms with E-state index >= 15 is 0 Å². The van der Waals surface area contributed by atoms with Gasteiger partial charge in [-0.3, -0.25) is 9.69 Å². The van der Waals surface area contributed by atoms with Crippen LogP contribution in [0, 0.1) is 0 Å². The van der Waals surface area contributed by atoms with Gasteiger partial charge in [-0.25, -0.2) is 0 Å². The standard InChI is InChI=1S/C17H13BrClNO.BrH/c18-15-7-5-12(6-8-15)16(21)11-20-10-14-4-2-1-3-13(14)9-17(20)19;/h1-9H,10-11H2;1H. The van der Waals surface area contributed by atoms with Crippen LogP contribution in [0.1, 0.15) is 21.5 Å². The minimum Gasteiger partial charge on any atom is -1.00 e. The Balaban J connectivity index is 0.00000176. The highest BCUT2D eigenvalue weighted by atomic mass is 79.9. The molecule has 0 amide bonds. The van der Waals surface area contributed by atoms with E-state index < -0.39 is 0 Å². The minimum atomic E-state index is 0. The van der Waals surface area contributed by atoms with Gasteiger partial charge in [0.2, 0.25) is 10.9 Å². The van der Waals surface area contributed by atoms with Crippen molar-refractivity contribution in [1.29, 1.82) is 0 Å². The van der Waals surface area contributed by atoms with E-state index in [1.165, 1.54) is 5.56 Å². The summed E-state index contributed by atoms with van der Waals surface area (Å²) >= 11 is 9.71. The Hall–Kier alpha value is -0.940. The van der Waals surface area contributed by atoms with Gasteiger partial charge in [0.05, 0.1) is 0 Å². The third-order valence-corrected chi connectivity index (χ3v) is 4.52. The number of nitrogens with one attached hydrogen (secondary N) is 1. The van der Waals surface area contributed by atoms with Gasteiger partial charge in [0.15, 0.2) is 0 Å². The smallest absolute Gasteiger partial charge is 0.217 e. The second kappa shape index (κ2) is 7.55. The Morgan fingerprint density at radius 2 is 1.82 bits per heavy atom. The first-order valence-electron chi connectivity index (χ1n) is 6.72. The Morgan fingerprint density at radius 3 is 2.55 bits per heavy atom. The Kier molecular flexibility index (Phi) is 5.98. The van der Waals surface area contributed by atoms with Crippen LogP contribution < -0.4 is 21.9 Å². The number of quaternary nitrogens is 1. The Morgan fingerprint density at radius 1 is 1.14 bits per heavy atom. The highest BCUT2D eigenvalue weighted by Crippen LogP contribution is 2.16. The molecule has 0 saturated heterocycles. The molecule has 22 heavy (non-hydrogen) atoms. The molecule has 1 aliphatic heterocycles. The van der Waals surface area contributed by atoms with Crippen molar-refractivity contribution >= 4 is 39.4 Å². The SMILES string of the molecule is O=C(C[NH+]1Cc2ccccc2C=C1Cl)c1ccc(Br)cc1.[Br-]. The summed E-state index contributed by atoms with van der Waals surface area (Å²) in [6.45, 7) is 1.11. The highest BCUT2D eigenvalue weighted by molar-refractivity contribution is 9.10. The molecule has 0 radical (unpaired) electrons. The monoisotopic (exact) mass is 441 g/mol. The predicted octanol–water partition coefficient (Wildman–Crippen LogP) is 0.272. The van der Waals surface area contributed by atoms with Crippen LogP contribution in [0.15, 0.2) is 58.2 Å². The number of fused-ring (bicyclic) bond motifs is 1. The normalized spacial score (nSPS) is 16.3. The van der Waals surface area contributed by atoms with E-state index in [2.05, 4.69) is 22.0 Å². The zero-order valence-electron chi connectivity index (χ0n) is 11.7. The van der Waals surface area contributed by atoms with Crippen LogP contribution >= 0.6 is 27.5 Å². The van der Waals surface area contributed by atoms with E-state index in [1.54, 1.807) is 0 Å². The number of ketones is 1. The molecule has 1 aliphatic rings. The lowest BCUT2D eigenvalue weighted by Gasteiger charge is -2.22. The number of benzene rings is 2. The molecule has 0 spiro atoms. The molecule has 0 fully saturated rings. The van der Waals surface area contributed by atoms with Crippen molar-refractivity contribution < 1.29 is 26.7 Å². The molecule has 1 unspecified atom stereocenters. The van der Waals surface area contributed by atoms with Crippen molar-refractivity contribution in [2.45, 2.75) is 6.54 Å². The first-order valence-corrected chi connectivity index (χ1v) is 7.89. The molecule has 0 aromatic heterocycles. The number of rotatable bonds is 3. The number of halogens is 3. The van der Waals surface area contributed by atoms with Crippen molar-refractivity contribution in [3.63, 3.8) is 0 Å². The lowest BCUT2D eigenvalue weighted by atomic mass is 10.0. The predicted molar refractivity (Wildman–Crippen MR) is 88.3 cm³/mol. The van der Waals surface area contributed by atoms with Crippen LogP contribution in [-0.4, -0.2) is 12.3 Å². The first kappa shape index (κ1) is 17.4. The Bertz CT molecular complexity index is 713. The van der Waals surface area contributed by atoms with Gasteiger partial charge < -0.3 is 17.0 Å². The van der Waals surface area contributed by atoms with E-state index in [9.17, 15) is 4.79 Å². The second-order valence-electron chi connectivity index (χ2n) is 5.08. The summed E-state index contributed by atoms with van der Waals surface area (Å²) in [7, 11) is 0. The molecular weight excluding hydrogens is 429 g/mol. The van der Waals surface area contributed by atoms with E-state index in [1.807, 2.05) is 48.5 Å². The molecule has 0 saturated carbocycles. The molecule has 5 heteroatoms. The maximum Gasteiger partial charge on any atom is 0.217 e. The number of carbonyl (C=O) groups excluding carboxylic acids is 1. The van der Waals surface area contributed by atoms with Crippen LogP contribution in [0.3, 0.4) is 0 Å². The van der Waals surface area contributed by atoms with Crippen molar-refractivity contribution in [3.05, 3.63) is 74.9 Å². The largest absolute Gasteiger partial charge is 1.00 e. The molecule has 114 valence electrons. The summed E-state index contributed by atoms with van der Waals surface area (Å²) in [5, 5.41) is 0.694. The molecule has 1 heterocycles. The molecule has 2 aromatic carbocycles. The molecule has 2 aromatic rings. The topological polar surface area (TPSA) is 21.5 Å². The van der Waals surface area contributed by atoms with Gasteiger partial charge in [-0.2, -0.15) is 0 Å². The zero-order valence-corrected chi connectivity index (χ0v) is 15.6. The number of carbonyl (C=O) groups is 1. The number of hydrogen-bond acceptors (Lipinski definition) is 1. The van der Waals surface area contributed by atoms with Gasteiger partial charge in [-0.15, -0.1) is 0 Å². The fourth-order valence-corrected chi connectivity index (χ4v) is 2.98. The second-order valence-corrected chi connectivity index (χ2v) is 6.40. The Labute approximate surface area is 153 Å². The molecule has 0 bridgehead atoms. The van der Waals surface area contributed by atoms with E-state index in [0.29, 0.717) is 17.3 Å². The highest BCUT2D eigenvalue weighted by Gasteiger charge is 2.24. The average Bonchev–Trinajstić information content (AvgIpc) is 2.48. The molecule has 3 rings (SSSR count). The minimum absolute atomic E-state index is 0. The summed E-state index contributed by atoms with van der Waals surface area (Å²) in [6, 6.07) is 15.6. The summed E-state index contributed by atoms with van der Waals surface area (Å²) < 4.78 is 0.969. The van der Waals surface area contributed by atoms with E-state index in [0.717, 1.165) is 21.5 Å². The summed E-state index contributed by atoms with van der Waals surface area (Å²) in [4.78, 5) is 13.3.